The summed E-state index contributed by atoms with van der Waals surface area (Å²) in [4.78, 5) is 0. The van der Waals surface area contributed by atoms with E-state index in [1.165, 1.54) is 54.1 Å². The molecule has 94 valence electrons. The first-order valence-electron chi connectivity index (χ1n) is 6.74. The second-order valence-corrected chi connectivity index (χ2v) is 6.06. The third-order valence-electron chi connectivity index (χ3n) is 3.75. The van der Waals surface area contributed by atoms with Crippen LogP contribution >= 0.6 is 15.9 Å². The molecule has 0 radical (unpaired) electrons. The molecule has 0 atom stereocenters. The summed E-state index contributed by atoms with van der Waals surface area (Å²) in [6, 6.07) is 7.27. The van der Waals surface area contributed by atoms with Gasteiger partial charge in [-0.15, -0.1) is 0 Å². The van der Waals surface area contributed by atoms with E-state index in [1.807, 2.05) is 0 Å². The monoisotopic (exact) mass is 295 g/mol. The van der Waals surface area contributed by atoms with Crippen molar-refractivity contribution in [1.82, 2.24) is 5.32 Å². The van der Waals surface area contributed by atoms with Crippen LogP contribution in [0.4, 0.5) is 0 Å². The Bertz CT molecular complexity index is 354. The first-order chi connectivity index (χ1) is 8.25. The Kier molecular flexibility index (Phi) is 5.05. The first kappa shape index (κ1) is 13.1. The van der Waals surface area contributed by atoms with Gasteiger partial charge in [0.1, 0.15) is 0 Å². The quantitative estimate of drug-likeness (QED) is 0.806. The van der Waals surface area contributed by atoms with Gasteiger partial charge in [-0.1, -0.05) is 47.7 Å². The Morgan fingerprint density at radius 2 is 1.88 bits per heavy atom. The minimum absolute atomic E-state index is 0.732. The van der Waals surface area contributed by atoms with Gasteiger partial charge < -0.3 is 5.32 Å². The summed E-state index contributed by atoms with van der Waals surface area (Å²) in [5.74, 6) is 0. The van der Waals surface area contributed by atoms with E-state index in [9.17, 15) is 0 Å². The van der Waals surface area contributed by atoms with E-state index in [0.717, 1.165) is 12.6 Å². The summed E-state index contributed by atoms with van der Waals surface area (Å²) in [6.07, 6.45) is 8.35. The number of hydrogen-bond donors (Lipinski definition) is 1. The van der Waals surface area contributed by atoms with Gasteiger partial charge in [0.15, 0.2) is 0 Å². The number of benzene rings is 1. The molecular formula is C15H22BrN. The summed E-state index contributed by atoms with van der Waals surface area (Å²) in [5.41, 5.74) is 2.80. The van der Waals surface area contributed by atoms with Gasteiger partial charge in [-0.25, -0.2) is 0 Å². The highest BCUT2D eigenvalue weighted by Gasteiger charge is 2.11. The molecule has 1 fully saturated rings. The van der Waals surface area contributed by atoms with E-state index in [2.05, 4.69) is 46.4 Å². The summed E-state index contributed by atoms with van der Waals surface area (Å²) in [6.45, 7) is 3.20. The molecule has 17 heavy (non-hydrogen) atoms. The highest BCUT2D eigenvalue weighted by molar-refractivity contribution is 9.10. The Balaban J connectivity index is 1.89. The van der Waals surface area contributed by atoms with Gasteiger partial charge in [0.2, 0.25) is 0 Å². The van der Waals surface area contributed by atoms with Crippen LogP contribution in [-0.4, -0.2) is 6.04 Å². The van der Waals surface area contributed by atoms with Crippen LogP contribution in [0.2, 0.25) is 0 Å². The number of hydrogen-bond acceptors (Lipinski definition) is 1. The predicted molar refractivity (Wildman–Crippen MR) is 77.2 cm³/mol. The van der Waals surface area contributed by atoms with E-state index < -0.39 is 0 Å². The topological polar surface area (TPSA) is 12.0 Å². The van der Waals surface area contributed by atoms with Crippen molar-refractivity contribution in [3.63, 3.8) is 0 Å². The second-order valence-electron chi connectivity index (χ2n) is 5.14. The van der Waals surface area contributed by atoms with E-state index in [-0.39, 0.29) is 0 Å². The fourth-order valence-electron chi connectivity index (χ4n) is 2.57. The average molecular weight is 296 g/mol. The number of halogens is 1. The number of nitrogens with one attached hydrogen (secondary N) is 1. The van der Waals surface area contributed by atoms with Gasteiger partial charge in [0, 0.05) is 17.1 Å². The summed E-state index contributed by atoms with van der Waals surface area (Å²) in [5, 5.41) is 3.73. The standard InChI is InChI=1S/C15H22BrN/c1-12-8-9-14(16)10-13(12)11-17-15-6-4-2-3-5-7-15/h8-10,15,17H,2-7,11H2,1H3. The van der Waals surface area contributed by atoms with Crippen molar-refractivity contribution in [1.29, 1.82) is 0 Å². The van der Waals surface area contributed by atoms with Crippen LogP contribution in [0.3, 0.4) is 0 Å². The third kappa shape index (κ3) is 4.11. The lowest BCUT2D eigenvalue weighted by Gasteiger charge is -2.17. The molecular weight excluding hydrogens is 274 g/mol. The minimum atomic E-state index is 0.732. The Morgan fingerprint density at radius 3 is 2.59 bits per heavy atom. The van der Waals surface area contributed by atoms with Crippen molar-refractivity contribution >= 4 is 15.9 Å². The van der Waals surface area contributed by atoms with Crippen molar-refractivity contribution < 1.29 is 0 Å². The molecule has 2 rings (SSSR count). The van der Waals surface area contributed by atoms with E-state index in [0.29, 0.717) is 0 Å². The molecule has 0 aliphatic heterocycles. The van der Waals surface area contributed by atoms with Crippen LogP contribution in [0.15, 0.2) is 22.7 Å². The Hall–Kier alpha value is -0.340. The second kappa shape index (κ2) is 6.55. The zero-order valence-corrected chi connectivity index (χ0v) is 12.2. The third-order valence-corrected chi connectivity index (χ3v) is 4.24. The van der Waals surface area contributed by atoms with Crippen LogP contribution < -0.4 is 5.32 Å². The molecule has 1 aliphatic rings. The first-order valence-corrected chi connectivity index (χ1v) is 7.53. The molecule has 0 bridgehead atoms. The molecule has 0 aromatic heterocycles. The maximum absolute atomic E-state index is 3.73. The highest BCUT2D eigenvalue weighted by atomic mass is 79.9. The van der Waals surface area contributed by atoms with Gasteiger partial charge in [-0.3, -0.25) is 0 Å². The lowest BCUT2D eigenvalue weighted by atomic mass is 10.1. The zero-order chi connectivity index (χ0) is 12.1. The highest BCUT2D eigenvalue weighted by Crippen LogP contribution is 2.19. The van der Waals surface area contributed by atoms with E-state index in [4.69, 9.17) is 0 Å². The van der Waals surface area contributed by atoms with Crippen LogP contribution in [0, 0.1) is 6.92 Å². The number of aryl methyl sites for hydroxylation is 1. The normalized spacial score (nSPS) is 18.0. The summed E-state index contributed by atoms with van der Waals surface area (Å²) < 4.78 is 1.18. The van der Waals surface area contributed by atoms with Crippen LogP contribution in [0.5, 0.6) is 0 Å². The summed E-state index contributed by atoms with van der Waals surface area (Å²) >= 11 is 3.55. The largest absolute Gasteiger partial charge is 0.310 e. The molecule has 0 saturated heterocycles. The molecule has 2 heteroatoms. The van der Waals surface area contributed by atoms with Crippen molar-refractivity contribution in [3.05, 3.63) is 33.8 Å². The van der Waals surface area contributed by atoms with E-state index in [1.54, 1.807) is 0 Å². The molecule has 1 aromatic rings. The molecule has 1 N–H and O–H groups in total. The predicted octanol–water partition coefficient (Wildman–Crippen LogP) is 4.57. The van der Waals surface area contributed by atoms with Crippen molar-refractivity contribution in [2.45, 2.75) is 58.0 Å². The maximum atomic E-state index is 3.73. The molecule has 1 saturated carbocycles. The number of rotatable bonds is 3. The lowest BCUT2D eigenvalue weighted by Crippen LogP contribution is -2.28. The molecule has 0 heterocycles. The molecule has 0 unspecified atom stereocenters. The van der Waals surface area contributed by atoms with Gasteiger partial charge in [-0.2, -0.15) is 0 Å². The maximum Gasteiger partial charge on any atom is 0.0211 e. The summed E-state index contributed by atoms with van der Waals surface area (Å²) in [7, 11) is 0. The smallest absolute Gasteiger partial charge is 0.0211 e. The molecule has 0 amide bonds. The Morgan fingerprint density at radius 1 is 1.18 bits per heavy atom. The zero-order valence-electron chi connectivity index (χ0n) is 10.6. The van der Waals surface area contributed by atoms with Gasteiger partial charge in [-0.05, 0) is 43.0 Å². The fourth-order valence-corrected chi connectivity index (χ4v) is 2.98. The van der Waals surface area contributed by atoms with Crippen molar-refractivity contribution in [3.8, 4) is 0 Å². The van der Waals surface area contributed by atoms with Crippen LogP contribution in [0.1, 0.15) is 49.7 Å². The lowest BCUT2D eigenvalue weighted by molar-refractivity contribution is 0.458. The van der Waals surface area contributed by atoms with Gasteiger partial charge in [0.05, 0.1) is 0 Å². The van der Waals surface area contributed by atoms with Crippen molar-refractivity contribution in [2.24, 2.45) is 0 Å². The Labute approximate surface area is 113 Å². The van der Waals surface area contributed by atoms with E-state index >= 15 is 0 Å². The minimum Gasteiger partial charge on any atom is -0.310 e. The SMILES string of the molecule is Cc1ccc(Br)cc1CNC1CCCCCC1. The molecule has 1 nitrogen and oxygen atoms in total. The fraction of sp³-hybridized carbons (Fsp3) is 0.600. The van der Waals surface area contributed by atoms with Gasteiger partial charge in [0.25, 0.3) is 0 Å². The molecule has 0 spiro atoms. The average Bonchev–Trinajstić information content (AvgIpc) is 2.59. The van der Waals surface area contributed by atoms with Crippen LogP contribution in [0.25, 0.3) is 0 Å². The van der Waals surface area contributed by atoms with Crippen molar-refractivity contribution in [2.75, 3.05) is 0 Å². The van der Waals surface area contributed by atoms with Crippen LogP contribution in [-0.2, 0) is 6.54 Å². The molecule has 1 aliphatic carbocycles. The van der Waals surface area contributed by atoms with Gasteiger partial charge >= 0.3 is 0 Å². The molecule has 1 aromatic carbocycles.